The second-order valence-corrected chi connectivity index (χ2v) is 6.91. The maximum atomic E-state index is 9.38. The molecule has 2 atom stereocenters. The molecule has 0 saturated carbocycles. The third kappa shape index (κ3) is 4.63. The number of benzene rings is 1. The summed E-state index contributed by atoms with van der Waals surface area (Å²) >= 11 is 0. The van der Waals surface area contributed by atoms with Crippen LogP contribution in [0.3, 0.4) is 0 Å². The summed E-state index contributed by atoms with van der Waals surface area (Å²) in [6, 6.07) is 9.05. The number of hydrogen-bond donors (Lipinski definition) is 1. The van der Waals surface area contributed by atoms with E-state index in [1.165, 1.54) is 0 Å². The van der Waals surface area contributed by atoms with Crippen molar-refractivity contribution >= 4 is 5.69 Å². The van der Waals surface area contributed by atoms with E-state index in [4.69, 9.17) is 9.47 Å². The topological polar surface area (TPSA) is 60.8 Å². The molecule has 2 aliphatic heterocycles. The third-order valence-electron chi connectivity index (χ3n) is 4.95. The van der Waals surface area contributed by atoms with E-state index >= 15 is 0 Å². The first-order chi connectivity index (χ1) is 12.2. The molecule has 0 bridgehead atoms. The molecule has 0 amide bonds. The molecule has 0 aromatic heterocycles. The van der Waals surface area contributed by atoms with E-state index in [9.17, 15) is 5.26 Å². The second-order valence-electron chi connectivity index (χ2n) is 6.91. The van der Waals surface area contributed by atoms with Crippen LogP contribution in [0.1, 0.15) is 19.4 Å². The van der Waals surface area contributed by atoms with Crippen LogP contribution in [0.4, 0.5) is 5.69 Å². The Morgan fingerprint density at radius 2 is 2.12 bits per heavy atom. The van der Waals surface area contributed by atoms with Crippen molar-refractivity contribution < 1.29 is 9.47 Å². The van der Waals surface area contributed by atoms with E-state index in [2.05, 4.69) is 35.0 Å². The van der Waals surface area contributed by atoms with E-state index in [0.29, 0.717) is 30.0 Å². The van der Waals surface area contributed by atoms with E-state index in [1.54, 1.807) is 0 Å². The summed E-state index contributed by atoms with van der Waals surface area (Å²) in [6.07, 6.45) is 0. The minimum Gasteiger partial charge on any atom is -0.491 e. The fourth-order valence-corrected chi connectivity index (χ4v) is 3.39. The number of nitriles is 1. The molecule has 136 valence electrons. The smallest absolute Gasteiger partial charge is 0.139 e. The molecule has 2 heterocycles. The quantitative estimate of drug-likeness (QED) is 0.873. The Hall–Kier alpha value is -1.81. The number of rotatable bonds is 5. The van der Waals surface area contributed by atoms with Crippen molar-refractivity contribution in [3.05, 3.63) is 23.8 Å². The van der Waals surface area contributed by atoms with E-state index in [1.807, 2.05) is 18.2 Å². The average molecular weight is 344 g/mol. The van der Waals surface area contributed by atoms with Crippen LogP contribution in [0.2, 0.25) is 0 Å². The first kappa shape index (κ1) is 18.0. The molecule has 25 heavy (non-hydrogen) atoms. The van der Waals surface area contributed by atoms with Gasteiger partial charge < -0.3 is 19.7 Å². The minimum absolute atomic E-state index is 0.422. The zero-order valence-corrected chi connectivity index (χ0v) is 15.2. The molecule has 0 unspecified atom stereocenters. The lowest BCUT2D eigenvalue weighted by atomic mass is 10.1. The lowest BCUT2D eigenvalue weighted by Crippen LogP contribution is -2.54. The van der Waals surface area contributed by atoms with Crippen LogP contribution < -0.4 is 15.0 Å². The van der Waals surface area contributed by atoms with Gasteiger partial charge in [-0.15, -0.1) is 0 Å². The van der Waals surface area contributed by atoms with Crippen molar-refractivity contribution in [2.45, 2.75) is 25.9 Å². The molecule has 2 aliphatic rings. The van der Waals surface area contributed by atoms with Gasteiger partial charge in [-0.05, 0) is 26.0 Å². The summed E-state index contributed by atoms with van der Waals surface area (Å²) < 4.78 is 11.3. The molecule has 6 heteroatoms. The van der Waals surface area contributed by atoms with E-state index < -0.39 is 0 Å². The van der Waals surface area contributed by atoms with Gasteiger partial charge in [0.1, 0.15) is 18.4 Å². The standard InChI is InChI=1S/C19H28N4O2/c1-15-14-23(16(2)13-21-15)18-4-3-17(12-20)19(11-18)25-10-7-22-5-8-24-9-6-22/h3-4,11,15-16,21H,5-10,13-14H2,1-2H3/t15-,16+/m0/s1. The Kier molecular flexibility index (Phi) is 6.14. The summed E-state index contributed by atoms with van der Waals surface area (Å²) in [7, 11) is 0. The molecule has 1 N–H and O–H groups in total. The lowest BCUT2D eigenvalue weighted by molar-refractivity contribution is 0.0322. The number of nitrogens with one attached hydrogen (secondary N) is 1. The number of piperazine rings is 1. The molecule has 2 saturated heterocycles. The van der Waals surface area contributed by atoms with Crippen molar-refractivity contribution in [1.82, 2.24) is 10.2 Å². The fourth-order valence-electron chi connectivity index (χ4n) is 3.39. The van der Waals surface area contributed by atoms with E-state index in [0.717, 1.165) is 51.6 Å². The molecule has 1 aromatic rings. The average Bonchev–Trinajstić information content (AvgIpc) is 2.64. The van der Waals surface area contributed by atoms with Crippen LogP contribution in [0.25, 0.3) is 0 Å². The van der Waals surface area contributed by atoms with Gasteiger partial charge in [0.25, 0.3) is 0 Å². The van der Waals surface area contributed by atoms with Crippen LogP contribution in [-0.4, -0.2) is 69.5 Å². The summed E-state index contributed by atoms with van der Waals surface area (Å²) in [5, 5.41) is 12.9. The van der Waals surface area contributed by atoms with Crippen LogP contribution >= 0.6 is 0 Å². The van der Waals surface area contributed by atoms with Crippen molar-refractivity contribution in [3.63, 3.8) is 0 Å². The molecular weight excluding hydrogens is 316 g/mol. The van der Waals surface area contributed by atoms with Crippen LogP contribution in [-0.2, 0) is 4.74 Å². The van der Waals surface area contributed by atoms with Gasteiger partial charge in [0.15, 0.2) is 0 Å². The van der Waals surface area contributed by atoms with Crippen LogP contribution in [0.5, 0.6) is 5.75 Å². The van der Waals surface area contributed by atoms with Gasteiger partial charge in [0, 0.05) is 56.6 Å². The number of anilines is 1. The number of ether oxygens (including phenoxy) is 2. The maximum absolute atomic E-state index is 9.38. The lowest BCUT2D eigenvalue weighted by Gasteiger charge is -2.39. The predicted octanol–water partition coefficient (Wildman–Crippen LogP) is 1.46. The molecule has 6 nitrogen and oxygen atoms in total. The normalized spacial score (nSPS) is 24.8. The first-order valence-corrected chi connectivity index (χ1v) is 9.14. The van der Waals surface area contributed by atoms with Gasteiger partial charge in [-0.1, -0.05) is 0 Å². The Balaban J connectivity index is 1.66. The number of nitrogens with zero attached hydrogens (tertiary/aromatic N) is 3. The third-order valence-corrected chi connectivity index (χ3v) is 4.95. The van der Waals surface area contributed by atoms with Crippen LogP contribution in [0.15, 0.2) is 18.2 Å². The van der Waals surface area contributed by atoms with Crippen molar-refractivity contribution in [1.29, 1.82) is 5.26 Å². The molecule has 1 aromatic carbocycles. The largest absolute Gasteiger partial charge is 0.491 e. The van der Waals surface area contributed by atoms with Gasteiger partial charge in [-0.2, -0.15) is 5.26 Å². The molecule has 0 spiro atoms. The zero-order chi connectivity index (χ0) is 17.6. The van der Waals surface area contributed by atoms with Gasteiger partial charge in [0.2, 0.25) is 0 Å². The number of hydrogen-bond acceptors (Lipinski definition) is 6. The zero-order valence-electron chi connectivity index (χ0n) is 15.2. The monoisotopic (exact) mass is 344 g/mol. The summed E-state index contributed by atoms with van der Waals surface area (Å²) in [5.41, 5.74) is 1.72. The van der Waals surface area contributed by atoms with Crippen molar-refractivity contribution in [3.8, 4) is 11.8 Å². The maximum Gasteiger partial charge on any atom is 0.139 e. The summed E-state index contributed by atoms with van der Waals surface area (Å²) in [5.74, 6) is 0.687. The Morgan fingerprint density at radius 3 is 2.88 bits per heavy atom. The first-order valence-electron chi connectivity index (χ1n) is 9.14. The number of morpholine rings is 1. The highest BCUT2D eigenvalue weighted by molar-refractivity contribution is 5.58. The Labute approximate surface area is 150 Å². The highest BCUT2D eigenvalue weighted by atomic mass is 16.5. The highest BCUT2D eigenvalue weighted by Gasteiger charge is 2.23. The van der Waals surface area contributed by atoms with Gasteiger partial charge in [-0.3, -0.25) is 4.90 Å². The SMILES string of the molecule is C[C@@H]1CN[C@@H](C)CN1c1ccc(C#N)c(OCCN2CCOCC2)c1. The summed E-state index contributed by atoms with van der Waals surface area (Å²) in [6.45, 7) is 11.3. The molecule has 0 radical (unpaired) electrons. The van der Waals surface area contributed by atoms with Crippen LogP contribution in [0, 0.1) is 11.3 Å². The van der Waals surface area contributed by atoms with Crippen molar-refractivity contribution in [2.75, 3.05) is 57.4 Å². The highest BCUT2D eigenvalue weighted by Crippen LogP contribution is 2.28. The molecule has 2 fully saturated rings. The van der Waals surface area contributed by atoms with Gasteiger partial charge >= 0.3 is 0 Å². The Bertz CT molecular complexity index is 610. The molecule has 3 rings (SSSR count). The minimum atomic E-state index is 0.422. The molecular formula is C19H28N4O2. The van der Waals surface area contributed by atoms with Crippen molar-refractivity contribution in [2.24, 2.45) is 0 Å². The predicted molar refractivity (Wildman–Crippen MR) is 98.2 cm³/mol. The van der Waals surface area contributed by atoms with Gasteiger partial charge in [-0.25, -0.2) is 0 Å². The van der Waals surface area contributed by atoms with E-state index in [-0.39, 0.29) is 0 Å². The fraction of sp³-hybridized carbons (Fsp3) is 0.632. The Morgan fingerprint density at radius 1 is 1.32 bits per heavy atom. The van der Waals surface area contributed by atoms with Gasteiger partial charge in [0.05, 0.1) is 18.8 Å². The second kappa shape index (κ2) is 8.52. The summed E-state index contributed by atoms with van der Waals surface area (Å²) in [4.78, 5) is 4.72. The molecule has 0 aliphatic carbocycles.